The molecule has 4 rings (SSSR count). The second-order valence-corrected chi connectivity index (χ2v) is 10.6. The highest BCUT2D eigenvalue weighted by molar-refractivity contribution is 5.98. The lowest BCUT2D eigenvalue weighted by Crippen LogP contribution is -2.52. The third-order valence-corrected chi connectivity index (χ3v) is 7.78. The number of carboxylic acids is 1. The summed E-state index contributed by atoms with van der Waals surface area (Å²) in [5.41, 5.74) is 2.10. The first-order valence-electron chi connectivity index (χ1n) is 13.8. The molecule has 0 aromatic heterocycles. The minimum absolute atomic E-state index is 0.266. The van der Waals surface area contributed by atoms with Gasteiger partial charge in [0.05, 0.1) is 19.6 Å². The molecule has 2 aromatic rings. The minimum Gasteiger partial charge on any atom is -0.497 e. The summed E-state index contributed by atoms with van der Waals surface area (Å²) in [4.78, 5) is 40.3. The third kappa shape index (κ3) is 7.94. The molecule has 1 fully saturated rings. The fraction of sp³-hybridized carbons (Fsp3) is 0.500. The van der Waals surface area contributed by atoms with Crippen LogP contribution >= 0.6 is 0 Å². The Balaban J connectivity index is 1.47. The van der Waals surface area contributed by atoms with Gasteiger partial charge in [0.25, 0.3) is 5.91 Å². The number of rotatable bonds is 12. The monoisotopic (exact) mass is 539 g/mol. The van der Waals surface area contributed by atoms with Crippen molar-refractivity contribution in [3.8, 4) is 5.75 Å². The van der Waals surface area contributed by atoms with Gasteiger partial charge < -0.3 is 25.4 Å². The first kappa shape index (κ1) is 28.4. The fourth-order valence-corrected chi connectivity index (χ4v) is 5.72. The van der Waals surface area contributed by atoms with Crippen molar-refractivity contribution in [2.24, 2.45) is 5.92 Å². The maximum Gasteiger partial charge on any atom is 0.305 e. The molecule has 0 bridgehead atoms. The second-order valence-electron chi connectivity index (χ2n) is 10.6. The van der Waals surface area contributed by atoms with Gasteiger partial charge >= 0.3 is 5.97 Å². The highest BCUT2D eigenvalue weighted by atomic mass is 19.1. The summed E-state index contributed by atoms with van der Waals surface area (Å²) in [7, 11) is 1.52. The number of fused-ring (bicyclic) bond motifs is 1. The lowest BCUT2D eigenvalue weighted by molar-refractivity contribution is -0.137. The van der Waals surface area contributed by atoms with Crippen LogP contribution in [0.4, 0.5) is 10.1 Å². The van der Waals surface area contributed by atoms with Crippen molar-refractivity contribution in [3.05, 3.63) is 59.4 Å². The summed E-state index contributed by atoms with van der Waals surface area (Å²) < 4.78 is 18.9. The van der Waals surface area contributed by atoms with E-state index >= 15 is 0 Å². The summed E-state index contributed by atoms with van der Waals surface area (Å²) in [6.45, 7) is 0.887. The van der Waals surface area contributed by atoms with Gasteiger partial charge in [-0.1, -0.05) is 38.2 Å². The van der Waals surface area contributed by atoms with Crippen LogP contribution in [0.1, 0.15) is 67.3 Å². The number of carbonyl (C=O) groups excluding carboxylic acids is 2. The number of ether oxygens (including phenoxy) is 1. The van der Waals surface area contributed by atoms with Crippen LogP contribution in [0, 0.1) is 11.7 Å². The number of hydrogen-bond acceptors (Lipinski definition) is 5. The molecule has 2 aromatic carbocycles. The van der Waals surface area contributed by atoms with Gasteiger partial charge in [0.1, 0.15) is 17.6 Å². The van der Waals surface area contributed by atoms with Crippen LogP contribution in [0.2, 0.25) is 0 Å². The number of carbonyl (C=O) groups is 3. The van der Waals surface area contributed by atoms with Gasteiger partial charge in [-0.05, 0) is 67.1 Å². The Morgan fingerprint density at radius 1 is 1.10 bits per heavy atom. The molecule has 0 spiro atoms. The predicted octanol–water partition coefficient (Wildman–Crippen LogP) is 4.32. The number of aliphatic carboxylic acids is 1. The maximum absolute atomic E-state index is 13.7. The van der Waals surface area contributed by atoms with Gasteiger partial charge in [-0.3, -0.25) is 14.4 Å². The van der Waals surface area contributed by atoms with E-state index in [1.54, 1.807) is 30.3 Å². The van der Waals surface area contributed by atoms with Crippen LogP contribution in [0.25, 0.3) is 0 Å². The molecule has 0 radical (unpaired) electrons. The summed E-state index contributed by atoms with van der Waals surface area (Å²) in [6, 6.07) is 9.82. The van der Waals surface area contributed by atoms with Crippen molar-refractivity contribution in [2.75, 3.05) is 25.1 Å². The largest absolute Gasteiger partial charge is 0.497 e. The number of benzene rings is 2. The molecule has 1 aliphatic carbocycles. The van der Waals surface area contributed by atoms with Crippen molar-refractivity contribution in [3.63, 3.8) is 0 Å². The smallest absolute Gasteiger partial charge is 0.305 e. The molecule has 3 N–H and O–H groups in total. The Morgan fingerprint density at radius 2 is 1.90 bits per heavy atom. The molecule has 2 atom stereocenters. The highest BCUT2D eigenvalue weighted by Gasteiger charge is 2.29. The molecule has 8 nitrogen and oxygen atoms in total. The minimum atomic E-state index is -1.03. The van der Waals surface area contributed by atoms with Crippen molar-refractivity contribution >= 4 is 23.5 Å². The van der Waals surface area contributed by atoms with E-state index in [-0.39, 0.29) is 24.7 Å². The zero-order valence-corrected chi connectivity index (χ0v) is 22.5. The first-order valence-corrected chi connectivity index (χ1v) is 13.8. The Bertz CT molecular complexity index is 1170. The average Bonchev–Trinajstić information content (AvgIpc) is 3.32. The van der Waals surface area contributed by atoms with Gasteiger partial charge in [0.15, 0.2) is 0 Å². The van der Waals surface area contributed by atoms with E-state index in [4.69, 9.17) is 4.74 Å². The van der Waals surface area contributed by atoms with Crippen molar-refractivity contribution in [2.45, 2.75) is 69.9 Å². The van der Waals surface area contributed by atoms with Crippen LogP contribution < -0.4 is 20.3 Å². The molecule has 2 aliphatic rings. The number of hydrogen-bond donors (Lipinski definition) is 3. The molecule has 2 amide bonds. The Labute approximate surface area is 228 Å². The Hall–Kier alpha value is -3.62. The van der Waals surface area contributed by atoms with Gasteiger partial charge in [0.2, 0.25) is 5.91 Å². The van der Waals surface area contributed by atoms with Gasteiger partial charge in [-0.2, -0.15) is 0 Å². The predicted molar refractivity (Wildman–Crippen MR) is 147 cm³/mol. The van der Waals surface area contributed by atoms with E-state index in [0.29, 0.717) is 36.6 Å². The Kier molecular flexibility index (Phi) is 9.79. The zero-order valence-electron chi connectivity index (χ0n) is 22.5. The van der Waals surface area contributed by atoms with E-state index in [9.17, 15) is 23.9 Å². The van der Waals surface area contributed by atoms with Crippen molar-refractivity contribution < 1.29 is 28.6 Å². The molecule has 0 saturated heterocycles. The zero-order chi connectivity index (χ0) is 27.8. The molecule has 210 valence electrons. The quantitative estimate of drug-likeness (QED) is 0.371. The van der Waals surface area contributed by atoms with Crippen molar-refractivity contribution in [1.29, 1.82) is 0 Å². The SMILES string of the molecule is COc1cccc(C(=O)NC(CCC2CCCCC2)C(=O)NC(CC(=O)O)CN2CCc3cc(F)ccc32)c1. The van der Waals surface area contributed by atoms with E-state index in [0.717, 1.165) is 30.5 Å². The standard InChI is InChI=1S/C30H38FN3O5/c1-39-25-9-5-8-22(17-25)29(37)33-26(12-10-20-6-3-2-4-7-20)30(38)32-24(18-28(35)36)19-34-15-14-21-16-23(31)11-13-27(21)34/h5,8-9,11,13,16-17,20,24,26H,2-4,6-7,10,12,14-15,18-19H2,1H3,(H,32,38)(H,33,37)(H,35,36). The number of anilines is 1. The second kappa shape index (κ2) is 13.4. The Morgan fingerprint density at radius 3 is 2.64 bits per heavy atom. The number of methoxy groups -OCH3 is 1. The van der Waals surface area contributed by atoms with Gasteiger partial charge in [0, 0.05) is 24.3 Å². The van der Waals surface area contributed by atoms with Crippen LogP contribution in [0.3, 0.4) is 0 Å². The molecular weight excluding hydrogens is 501 g/mol. The highest BCUT2D eigenvalue weighted by Crippen LogP contribution is 2.29. The van der Waals surface area contributed by atoms with Crippen LogP contribution in [-0.2, 0) is 16.0 Å². The van der Waals surface area contributed by atoms with E-state index in [1.165, 1.54) is 38.5 Å². The number of halogens is 1. The van der Waals surface area contributed by atoms with Gasteiger partial charge in [-0.25, -0.2) is 4.39 Å². The molecule has 1 aliphatic heterocycles. The van der Waals surface area contributed by atoms with Crippen LogP contribution in [0.15, 0.2) is 42.5 Å². The fourth-order valence-electron chi connectivity index (χ4n) is 5.72. The maximum atomic E-state index is 13.7. The molecule has 2 unspecified atom stereocenters. The normalized spacial score (nSPS) is 16.7. The third-order valence-electron chi connectivity index (χ3n) is 7.78. The molecule has 1 heterocycles. The number of carboxylic acid groups (broad SMARTS) is 1. The summed E-state index contributed by atoms with van der Waals surface area (Å²) in [5, 5.41) is 15.4. The molecule has 39 heavy (non-hydrogen) atoms. The molecule has 1 saturated carbocycles. The van der Waals surface area contributed by atoms with E-state index in [2.05, 4.69) is 10.6 Å². The number of nitrogens with zero attached hydrogens (tertiary/aromatic N) is 1. The summed E-state index contributed by atoms with van der Waals surface area (Å²) in [6.07, 6.45) is 7.50. The summed E-state index contributed by atoms with van der Waals surface area (Å²) >= 11 is 0. The van der Waals surface area contributed by atoms with Crippen LogP contribution in [0.5, 0.6) is 5.75 Å². The summed E-state index contributed by atoms with van der Waals surface area (Å²) in [5.74, 6) is -1.07. The average molecular weight is 540 g/mol. The number of amides is 2. The van der Waals surface area contributed by atoms with E-state index in [1.807, 2.05) is 4.90 Å². The topological polar surface area (TPSA) is 108 Å². The van der Waals surface area contributed by atoms with E-state index < -0.39 is 24.0 Å². The lowest BCUT2D eigenvalue weighted by Gasteiger charge is -2.29. The van der Waals surface area contributed by atoms with Crippen LogP contribution in [-0.4, -0.2) is 55.2 Å². The molecular formula is C30H38FN3O5. The first-order chi connectivity index (χ1) is 18.8. The van der Waals surface area contributed by atoms with Crippen molar-refractivity contribution in [1.82, 2.24) is 10.6 Å². The van der Waals surface area contributed by atoms with Gasteiger partial charge in [-0.15, -0.1) is 0 Å². The molecule has 9 heteroatoms. The number of nitrogens with one attached hydrogen (secondary N) is 2. The lowest BCUT2D eigenvalue weighted by atomic mass is 9.85.